The molecule has 0 radical (unpaired) electrons. The molecule has 1 N–H and O–H groups in total. The van der Waals surface area contributed by atoms with Crippen LogP contribution in [-0.2, 0) is 16.0 Å². The van der Waals surface area contributed by atoms with E-state index in [-0.39, 0.29) is 12.3 Å². The highest BCUT2D eigenvalue weighted by atomic mass is 79.9. The number of carbonyl (C=O) groups is 2. The van der Waals surface area contributed by atoms with E-state index >= 15 is 0 Å². The summed E-state index contributed by atoms with van der Waals surface area (Å²) < 4.78 is 1.01. The second-order valence-electron chi connectivity index (χ2n) is 5.68. The molecule has 0 saturated heterocycles. The molecule has 3 rings (SSSR count). The Balaban J connectivity index is 1.79. The highest BCUT2D eigenvalue weighted by molar-refractivity contribution is 9.10. The van der Waals surface area contributed by atoms with Gasteiger partial charge < -0.3 is 10.0 Å². The molecule has 1 heterocycles. The van der Waals surface area contributed by atoms with E-state index in [1.165, 1.54) is 0 Å². The number of nitrogens with zero attached hydrogens (tertiary/aromatic N) is 1. The molecule has 0 bridgehead atoms. The number of benzene rings is 1. The summed E-state index contributed by atoms with van der Waals surface area (Å²) in [5.74, 6) is -0.888. The average molecular weight is 338 g/mol. The van der Waals surface area contributed by atoms with E-state index in [2.05, 4.69) is 15.9 Å². The predicted octanol–water partition coefficient (Wildman–Crippen LogP) is 2.98. The molecule has 1 aromatic rings. The second kappa shape index (κ2) is 4.88. The zero-order valence-electron chi connectivity index (χ0n) is 11.1. The number of amides is 1. The number of hydrogen-bond acceptors (Lipinski definition) is 2. The van der Waals surface area contributed by atoms with E-state index < -0.39 is 11.4 Å². The van der Waals surface area contributed by atoms with E-state index in [1.54, 1.807) is 4.90 Å². The van der Waals surface area contributed by atoms with Crippen molar-refractivity contribution in [1.82, 2.24) is 0 Å². The van der Waals surface area contributed by atoms with Crippen molar-refractivity contribution in [3.63, 3.8) is 0 Å². The molecule has 1 aliphatic heterocycles. The summed E-state index contributed by atoms with van der Waals surface area (Å²) in [4.78, 5) is 25.6. The summed E-state index contributed by atoms with van der Waals surface area (Å²) in [7, 11) is 0. The number of rotatable bonds is 3. The van der Waals surface area contributed by atoms with Crippen LogP contribution in [0.5, 0.6) is 0 Å². The summed E-state index contributed by atoms with van der Waals surface area (Å²) in [6, 6.07) is 5.87. The molecule has 1 aliphatic carbocycles. The van der Waals surface area contributed by atoms with Gasteiger partial charge in [0.2, 0.25) is 5.91 Å². The largest absolute Gasteiger partial charge is 0.481 e. The van der Waals surface area contributed by atoms with Gasteiger partial charge in [-0.2, -0.15) is 0 Å². The predicted molar refractivity (Wildman–Crippen MR) is 78.7 cm³/mol. The van der Waals surface area contributed by atoms with Crippen LogP contribution in [0.25, 0.3) is 0 Å². The summed E-state index contributed by atoms with van der Waals surface area (Å²) >= 11 is 3.43. The fraction of sp³-hybridized carbons (Fsp3) is 0.467. The standard InChI is InChI=1S/C15H16BrNO3/c16-11-2-3-12-10(8-11)4-7-17(12)13(18)9-15(14(19)20)5-1-6-15/h2-3,8H,1,4-7,9H2,(H,19,20). The van der Waals surface area contributed by atoms with Crippen LogP contribution in [-0.4, -0.2) is 23.5 Å². The quantitative estimate of drug-likeness (QED) is 0.922. The fourth-order valence-corrected chi connectivity index (χ4v) is 3.49. The first kappa shape index (κ1) is 13.6. The van der Waals surface area contributed by atoms with Gasteiger partial charge in [-0.3, -0.25) is 9.59 Å². The molecule has 4 nitrogen and oxygen atoms in total. The number of aliphatic carboxylic acids is 1. The lowest BCUT2D eigenvalue weighted by atomic mass is 9.66. The zero-order chi connectivity index (χ0) is 14.3. The Morgan fingerprint density at radius 2 is 2.10 bits per heavy atom. The van der Waals surface area contributed by atoms with Crippen molar-refractivity contribution in [3.8, 4) is 0 Å². The molecule has 1 amide bonds. The number of halogens is 1. The van der Waals surface area contributed by atoms with E-state index in [9.17, 15) is 14.7 Å². The van der Waals surface area contributed by atoms with Crippen molar-refractivity contribution in [1.29, 1.82) is 0 Å². The SMILES string of the molecule is O=C(CC1(C(=O)O)CCC1)N1CCc2cc(Br)ccc21. The molecule has 1 saturated carbocycles. The number of carboxylic acids is 1. The smallest absolute Gasteiger partial charge is 0.310 e. The van der Waals surface area contributed by atoms with E-state index in [0.29, 0.717) is 19.4 Å². The molecule has 20 heavy (non-hydrogen) atoms. The van der Waals surface area contributed by atoms with Crippen LogP contribution in [0.2, 0.25) is 0 Å². The van der Waals surface area contributed by atoms with Crippen molar-refractivity contribution in [2.75, 3.05) is 11.4 Å². The number of fused-ring (bicyclic) bond motifs is 1. The average Bonchev–Trinajstić information content (AvgIpc) is 2.75. The molecule has 0 aromatic heterocycles. The van der Waals surface area contributed by atoms with Gasteiger partial charge >= 0.3 is 5.97 Å². The van der Waals surface area contributed by atoms with Crippen LogP contribution in [0.3, 0.4) is 0 Å². The third-order valence-electron chi connectivity index (χ3n) is 4.49. The molecule has 2 aliphatic rings. The number of carboxylic acid groups (broad SMARTS) is 1. The third-order valence-corrected chi connectivity index (χ3v) is 4.99. The first-order valence-electron chi connectivity index (χ1n) is 6.84. The maximum Gasteiger partial charge on any atom is 0.310 e. The Kier molecular flexibility index (Phi) is 3.32. The van der Waals surface area contributed by atoms with Gasteiger partial charge in [0.15, 0.2) is 0 Å². The minimum absolute atomic E-state index is 0.0619. The Hall–Kier alpha value is -1.36. The normalized spacial score (nSPS) is 19.4. The Labute approximate surface area is 125 Å². The van der Waals surface area contributed by atoms with Crippen LogP contribution in [0, 0.1) is 5.41 Å². The first-order valence-corrected chi connectivity index (χ1v) is 7.63. The maximum absolute atomic E-state index is 12.5. The van der Waals surface area contributed by atoms with Crippen LogP contribution < -0.4 is 4.90 Å². The molecular weight excluding hydrogens is 322 g/mol. The highest BCUT2D eigenvalue weighted by Crippen LogP contribution is 2.45. The lowest BCUT2D eigenvalue weighted by molar-refractivity contribution is -0.157. The van der Waals surface area contributed by atoms with Crippen molar-refractivity contribution in [3.05, 3.63) is 28.2 Å². The van der Waals surface area contributed by atoms with Crippen LogP contribution in [0.15, 0.2) is 22.7 Å². The lowest BCUT2D eigenvalue weighted by Gasteiger charge is -2.38. The van der Waals surface area contributed by atoms with Crippen molar-refractivity contribution in [2.24, 2.45) is 5.41 Å². The van der Waals surface area contributed by atoms with Gasteiger partial charge in [0.1, 0.15) is 0 Å². The van der Waals surface area contributed by atoms with Crippen LogP contribution in [0.1, 0.15) is 31.2 Å². The van der Waals surface area contributed by atoms with Gasteiger partial charge in [0.25, 0.3) is 0 Å². The van der Waals surface area contributed by atoms with E-state index in [4.69, 9.17) is 0 Å². The molecule has 1 fully saturated rings. The maximum atomic E-state index is 12.5. The molecular formula is C15H16BrNO3. The van der Waals surface area contributed by atoms with Gasteiger partial charge in [-0.25, -0.2) is 0 Å². The minimum atomic E-state index is -0.827. The second-order valence-corrected chi connectivity index (χ2v) is 6.60. The van der Waals surface area contributed by atoms with Crippen molar-refractivity contribution >= 4 is 33.5 Å². The van der Waals surface area contributed by atoms with Gasteiger partial charge in [-0.1, -0.05) is 22.4 Å². The summed E-state index contributed by atoms with van der Waals surface area (Å²) in [6.07, 6.45) is 3.10. The van der Waals surface area contributed by atoms with E-state index in [1.807, 2.05) is 18.2 Å². The van der Waals surface area contributed by atoms with Crippen molar-refractivity contribution in [2.45, 2.75) is 32.1 Å². The summed E-state index contributed by atoms with van der Waals surface area (Å²) in [5, 5.41) is 9.33. The molecule has 5 heteroatoms. The van der Waals surface area contributed by atoms with Gasteiger partial charge in [-0.05, 0) is 43.0 Å². The van der Waals surface area contributed by atoms with E-state index in [0.717, 1.165) is 28.6 Å². The lowest BCUT2D eigenvalue weighted by Crippen LogP contribution is -2.43. The molecule has 0 spiro atoms. The monoisotopic (exact) mass is 337 g/mol. The Morgan fingerprint density at radius 3 is 2.70 bits per heavy atom. The number of anilines is 1. The Bertz CT molecular complexity index is 580. The zero-order valence-corrected chi connectivity index (χ0v) is 12.6. The topological polar surface area (TPSA) is 57.6 Å². The molecule has 1 aromatic carbocycles. The summed E-state index contributed by atoms with van der Waals surface area (Å²) in [6.45, 7) is 0.653. The first-order chi connectivity index (χ1) is 9.52. The Morgan fingerprint density at radius 1 is 1.35 bits per heavy atom. The van der Waals surface area contributed by atoms with Gasteiger partial charge in [-0.15, -0.1) is 0 Å². The highest BCUT2D eigenvalue weighted by Gasteiger charge is 2.47. The fourth-order valence-electron chi connectivity index (χ4n) is 3.08. The van der Waals surface area contributed by atoms with Gasteiger partial charge in [0, 0.05) is 23.1 Å². The molecule has 106 valence electrons. The molecule has 0 atom stereocenters. The summed E-state index contributed by atoms with van der Waals surface area (Å²) in [5.41, 5.74) is 1.26. The van der Waals surface area contributed by atoms with Crippen LogP contribution >= 0.6 is 15.9 Å². The molecule has 0 unspecified atom stereocenters. The third kappa shape index (κ3) is 2.14. The minimum Gasteiger partial charge on any atom is -0.481 e. The van der Waals surface area contributed by atoms with Crippen molar-refractivity contribution < 1.29 is 14.7 Å². The van der Waals surface area contributed by atoms with Crippen LogP contribution in [0.4, 0.5) is 5.69 Å². The number of hydrogen-bond donors (Lipinski definition) is 1. The van der Waals surface area contributed by atoms with Gasteiger partial charge in [0.05, 0.1) is 5.41 Å². The number of carbonyl (C=O) groups excluding carboxylic acids is 1.